The lowest BCUT2D eigenvalue weighted by atomic mass is 9.92. The van der Waals surface area contributed by atoms with Gasteiger partial charge in [-0.2, -0.15) is 26.3 Å². The van der Waals surface area contributed by atoms with Gasteiger partial charge in [0.2, 0.25) is 0 Å². The van der Waals surface area contributed by atoms with Gasteiger partial charge in [-0.05, 0) is 36.5 Å². The highest BCUT2D eigenvalue weighted by Gasteiger charge is 2.42. The zero-order valence-corrected chi connectivity index (χ0v) is 24.0. The first-order valence-corrected chi connectivity index (χ1v) is 13.7. The summed E-state index contributed by atoms with van der Waals surface area (Å²) >= 11 is 12.2. The van der Waals surface area contributed by atoms with Crippen LogP contribution in [0.2, 0.25) is 10.0 Å². The lowest BCUT2D eigenvalue weighted by Crippen LogP contribution is -2.27. The average Bonchev–Trinajstić information content (AvgIpc) is 3.27. The van der Waals surface area contributed by atoms with Gasteiger partial charge in [-0.25, -0.2) is 18.8 Å². The van der Waals surface area contributed by atoms with E-state index in [0.29, 0.717) is 12.1 Å². The van der Waals surface area contributed by atoms with E-state index in [1.165, 1.54) is 31.2 Å². The highest BCUT2D eigenvalue weighted by Crippen LogP contribution is 2.42. The van der Waals surface area contributed by atoms with Gasteiger partial charge < -0.3 is 4.98 Å². The van der Waals surface area contributed by atoms with Crippen LogP contribution in [0.5, 0.6) is 0 Å². The number of H-pyrrole nitrogens is 1. The number of rotatable bonds is 4. The van der Waals surface area contributed by atoms with Crippen molar-refractivity contribution in [2.24, 2.45) is 10.9 Å². The van der Waals surface area contributed by atoms with Gasteiger partial charge in [-0.3, -0.25) is 0 Å². The summed E-state index contributed by atoms with van der Waals surface area (Å²) in [4.78, 5) is 10.8. The van der Waals surface area contributed by atoms with Crippen LogP contribution in [0.4, 0.5) is 35.1 Å². The highest BCUT2D eigenvalue weighted by molar-refractivity contribution is 6.39. The standard InChI is InChI=1S/C29H25Cl2F8N3/c1-4-27(32,33)17-8-5-14(2)11-16(7-9-17)21-10-6-15(3)23-24(25(40-21)29(37,38)39)42-26(41-23)22-19(30)12-18(13-20(22)31)28(34,35)36/h7-15H,4-6H2,1-3H3,(H,41,42)/b9-7?,16-11+,17-8?,21-10+,40-25?. The van der Waals surface area contributed by atoms with Crippen molar-refractivity contribution in [2.45, 2.75) is 64.2 Å². The van der Waals surface area contributed by atoms with Crippen molar-refractivity contribution < 1.29 is 35.1 Å². The van der Waals surface area contributed by atoms with E-state index < -0.39 is 57.6 Å². The largest absolute Gasteiger partial charge is 0.435 e. The molecule has 0 fully saturated rings. The summed E-state index contributed by atoms with van der Waals surface area (Å²) in [5, 5.41) is -0.917. The van der Waals surface area contributed by atoms with Crippen LogP contribution >= 0.6 is 23.2 Å². The maximum atomic E-state index is 14.5. The van der Waals surface area contributed by atoms with Crippen molar-refractivity contribution >= 4 is 28.9 Å². The number of nitrogens with zero attached hydrogens (tertiary/aromatic N) is 2. The molecule has 1 aromatic heterocycles. The van der Waals surface area contributed by atoms with Crippen molar-refractivity contribution in [1.29, 1.82) is 0 Å². The van der Waals surface area contributed by atoms with Gasteiger partial charge in [-0.15, -0.1) is 0 Å². The van der Waals surface area contributed by atoms with E-state index in [1.54, 1.807) is 19.9 Å². The number of aromatic nitrogens is 2. The zero-order valence-electron chi connectivity index (χ0n) is 22.5. The Hall–Kier alpha value is -2.92. The molecular formula is C29H25Cl2F8N3. The second-order valence-electron chi connectivity index (χ2n) is 10.2. The van der Waals surface area contributed by atoms with Gasteiger partial charge in [0.1, 0.15) is 11.5 Å². The van der Waals surface area contributed by atoms with Gasteiger partial charge in [0.15, 0.2) is 5.71 Å². The summed E-state index contributed by atoms with van der Waals surface area (Å²) in [7, 11) is 0. The number of halogens is 10. The molecular weight excluding hydrogens is 613 g/mol. The minimum atomic E-state index is -5.01. The highest BCUT2D eigenvalue weighted by atomic mass is 35.5. The Morgan fingerprint density at radius 1 is 0.905 bits per heavy atom. The van der Waals surface area contributed by atoms with Crippen LogP contribution < -0.4 is 0 Å². The fourth-order valence-electron chi connectivity index (χ4n) is 4.65. The average molecular weight is 638 g/mol. The van der Waals surface area contributed by atoms with Crippen LogP contribution in [-0.4, -0.2) is 27.8 Å². The molecule has 0 amide bonds. The third-order valence-electron chi connectivity index (χ3n) is 7.00. The molecule has 1 aliphatic carbocycles. The fraction of sp³-hybridized carbons (Fsp3) is 0.379. The van der Waals surface area contributed by atoms with E-state index in [-0.39, 0.29) is 52.7 Å². The lowest BCUT2D eigenvalue weighted by Gasteiger charge is -2.21. The third-order valence-corrected chi connectivity index (χ3v) is 7.60. The molecule has 3 nitrogen and oxygen atoms in total. The molecule has 0 saturated carbocycles. The molecule has 2 unspecified atom stereocenters. The molecule has 1 aromatic carbocycles. The third kappa shape index (κ3) is 6.67. The quantitative estimate of drug-likeness (QED) is 0.333. The maximum Gasteiger partial charge on any atom is 0.435 e. The first-order chi connectivity index (χ1) is 19.4. The molecule has 2 aliphatic rings. The molecule has 226 valence electrons. The van der Waals surface area contributed by atoms with Gasteiger partial charge in [0, 0.05) is 23.6 Å². The Labute approximate surface area is 246 Å². The molecule has 2 heterocycles. The summed E-state index contributed by atoms with van der Waals surface area (Å²) in [6.07, 6.45) is -2.66. The molecule has 4 rings (SSSR count). The number of aliphatic imine (C=N–C) groups is 1. The van der Waals surface area contributed by atoms with E-state index in [2.05, 4.69) is 15.0 Å². The molecule has 1 N–H and O–H groups in total. The summed E-state index contributed by atoms with van der Waals surface area (Å²) in [5.74, 6) is -4.24. The number of hydrogen-bond acceptors (Lipinski definition) is 2. The second-order valence-corrected chi connectivity index (χ2v) is 11.0. The topological polar surface area (TPSA) is 41.0 Å². The summed E-state index contributed by atoms with van der Waals surface area (Å²) in [5.41, 5.74) is -3.29. The van der Waals surface area contributed by atoms with Gasteiger partial charge in [-0.1, -0.05) is 74.4 Å². The molecule has 0 radical (unpaired) electrons. The SMILES string of the molecule is CCC(F)(F)C1=CCC(C)/C=C(/C2=C\CC(C)c3[nH]c(-c4c(Cl)cc(C(F)(F)F)cc4Cl)nc3C(C(F)(F)F)=N2)C=C1. The van der Waals surface area contributed by atoms with E-state index in [0.717, 1.165) is 0 Å². The van der Waals surface area contributed by atoms with Crippen molar-refractivity contribution in [3.63, 3.8) is 0 Å². The van der Waals surface area contributed by atoms with Crippen LogP contribution in [0, 0.1) is 5.92 Å². The molecule has 1 aliphatic heterocycles. The summed E-state index contributed by atoms with van der Waals surface area (Å²) < 4.78 is 112. The molecule has 13 heteroatoms. The Kier molecular flexibility index (Phi) is 8.87. The minimum absolute atomic E-state index is 0.0340. The van der Waals surface area contributed by atoms with Crippen LogP contribution in [0.3, 0.4) is 0 Å². The summed E-state index contributed by atoms with van der Waals surface area (Å²) in [6.45, 7) is 4.73. The number of benzene rings is 1. The number of hydrogen-bond donors (Lipinski definition) is 1. The van der Waals surface area contributed by atoms with Gasteiger partial charge in [0.05, 0.1) is 26.9 Å². The molecule has 0 saturated heterocycles. The van der Waals surface area contributed by atoms with E-state index in [9.17, 15) is 35.1 Å². The molecule has 0 spiro atoms. The minimum Gasteiger partial charge on any atom is -0.341 e. The monoisotopic (exact) mass is 637 g/mol. The number of alkyl halides is 8. The first-order valence-electron chi connectivity index (χ1n) is 12.9. The summed E-state index contributed by atoms with van der Waals surface area (Å²) in [6, 6.07) is 1.23. The van der Waals surface area contributed by atoms with Crippen LogP contribution in [0.25, 0.3) is 11.4 Å². The molecule has 42 heavy (non-hydrogen) atoms. The Morgan fingerprint density at radius 2 is 1.55 bits per heavy atom. The zero-order chi connectivity index (χ0) is 31.2. The number of nitrogens with one attached hydrogen (secondary N) is 1. The number of imidazole rings is 1. The van der Waals surface area contributed by atoms with Crippen LogP contribution in [-0.2, 0) is 6.18 Å². The fourth-order valence-corrected chi connectivity index (χ4v) is 5.31. The smallest absolute Gasteiger partial charge is 0.341 e. The Morgan fingerprint density at radius 3 is 2.12 bits per heavy atom. The Balaban J connectivity index is 1.86. The number of allylic oxidation sites excluding steroid dienone is 6. The first kappa shape index (κ1) is 32.0. The second kappa shape index (κ2) is 11.6. The predicted molar refractivity (Wildman–Crippen MR) is 147 cm³/mol. The van der Waals surface area contributed by atoms with E-state index in [4.69, 9.17) is 23.2 Å². The molecule has 0 bridgehead atoms. The van der Waals surface area contributed by atoms with Crippen molar-refractivity contribution in [3.05, 3.63) is 86.4 Å². The molecule has 2 aromatic rings. The van der Waals surface area contributed by atoms with E-state index in [1.807, 2.05) is 0 Å². The number of fused-ring (bicyclic) bond motifs is 1. The predicted octanol–water partition coefficient (Wildman–Crippen LogP) is 10.6. The van der Waals surface area contributed by atoms with Crippen molar-refractivity contribution in [3.8, 4) is 11.4 Å². The van der Waals surface area contributed by atoms with Crippen LogP contribution in [0.15, 0.2) is 64.3 Å². The Bertz CT molecular complexity index is 1500. The van der Waals surface area contributed by atoms with Crippen LogP contribution in [0.1, 0.15) is 62.9 Å². The normalized spacial score (nSPS) is 22.9. The van der Waals surface area contributed by atoms with Crippen molar-refractivity contribution in [1.82, 2.24) is 9.97 Å². The van der Waals surface area contributed by atoms with Gasteiger partial charge >= 0.3 is 12.4 Å². The van der Waals surface area contributed by atoms with Gasteiger partial charge in [0.25, 0.3) is 5.92 Å². The lowest BCUT2D eigenvalue weighted by molar-refractivity contribution is -0.137. The molecule has 2 atom stereocenters. The maximum absolute atomic E-state index is 14.5. The van der Waals surface area contributed by atoms with Crippen molar-refractivity contribution in [2.75, 3.05) is 0 Å². The van der Waals surface area contributed by atoms with E-state index >= 15 is 0 Å². The number of aromatic amines is 1.